The van der Waals surface area contributed by atoms with Gasteiger partial charge in [0.15, 0.2) is 0 Å². The van der Waals surface area contributed by atoms with Crippen LogP contribution in [0.2, 0.25) is 0 Å². The van der Waals surface area contributed by atoms with Crippen LogP contribution in [0.15, 0.2) is 59.5 Å². The van der Waals surface area contributed by atoms with Crippen LogP contribution >= 0.6 is 11.8 Å². The second-order valence-corrected chi connectivity index (χ2v) is 7.53. The third-order valence-electron chi connectivity index (χ3n) is 4.55. The van der Waals surface area contributed by atoms with Gasteiger partial charge in [0.25, 0.3) is 0 Å². The summed E-state index contributed by atoms with van der Waals surface area (Å²) in [5, 5.41) is 3.07. The molecule has 1 saturated heterocycles. The molecule has 1 amide bonds. The van der Waals surface area contributed by atoms with E-state index in [1.165, 1.54) is 43.5 Å². The Morgan fingerprint density at radius 3 is 2.36 bits per heavy atom. The summed E-state index contributed by atoms with van der Waals surface area (Å²) >= 11 is 1.58. The van der Waals surface area contributed by atoms with Crippen LogP contribution in [0.5, 0.6) is 0 Å². The third-order valence-corrected chi connectivity index (χ3v) is 5.56. The zero-order valence-electron chi connectivity index (χ0n) is 14.6. The normalized spacial score (nSPS) is 15.0. The van der Waals surface area contributed by atoms with Crippen molar-refractivity contribution in [2.45, 2.75) is 37.2 Å². The molecule has 1 fully saturated rings. The van der Waals surface area contributed by atoms with E-state index in [1.54, 1.807) is 11.8 Å². The highest BCUT2D eigenvalue weighted by atomic mass is 32.2. The van der Waals surface area contributed by atoms with Crippen LogP contribution in [-0.4, -0.2) is 29.6 Å². The lowest BCUT2D eigenvalue weighted by atomic mass is 10.0. The van der Waals surface area contributed by atoms with Gasteiger partial charge in [0.05, 0.1) is 5.75 Å². The zero-order valence-corrected chi connectivity index (χ0v) is 15.4. The maximum absolute atomic E-state index is 12.1. The summed E-state index contributed by atoms with van der Waals surface area (Å²) < 4.78 is 0. The number of carbonyl (C=O) groups excluding carboxylic acids is 1. The number of rotatable bonds is 7. The Hall–Kier alpha value is -1.78. The number of hydrogen-bond donors (Lipinski definition) is 1. The van der Waals surface area contributed by atoms with Gasteiger partial charge >= 0.3 is 0 Å². The summed E-state index contributed by atoms with van der Waals surface area (Å²) in [7, 11) is 0. The van der Waals surface area contributed by atoms with Crippen LogP contribution in [0.1, 0.15) is 30.4 Å². The van der Waals surface area contributed by atoms with Gasteiger partial charge in [-0.15, -0.1) is 11.8 Å². The van der Waals surface area contributed by atoms with Gasteiger partial charge < -0.3 is 5.32 Å². The van der Waals surface area contributed by atoms with Crippen molar-refractivity contribution in [3.63, 3.8) is 0 Å². The summed E-state index contributed by atoms with van der Waals surface area (Å²) in [6, 6.07) is 18.5. The first-order valence-electron chi connectivity index (χ1n) is 9.05. The maximum atomic E-state index is 12.1. The van der Waals surface area contributed by atoms with E-state index in [9.17, 15) is 4.79 Å². The molecule has 3 rings (SSSR count). The first-order valence-corrected chi connectivity index (χ1v) is 10.0. The van der Waals surface area contributed by atoms with E-state index in [4.69, 9.17) is 0 Å². The van der Waals surface area contributed by atoms with Crippen LogP contribution in [0, 0.1) is 0 Å². The van der Waals surface area contributed by atoms with Gasteiger partial charge in [-0.05, 0) is 49.2 Å². The maximum Gasteiger partial charge on any atom is 0.230 e. The lowest BCUT2D eigenvalue weighted by Crippen LogP contribution is -2.30. The van der Waals surface area contributed by atoms with Crippen LogP contribution in [0.4, 0.5) is 0 Å². The summed E-state index contributed by atoms with van der Waals surface area (Å²) in [5.74, 6) is 0.541. The van der Waals surface area contributed by atoms with Gasteiger partial charge in [-0.1, -0.05) is 48.9 Å². The molecule has 1 aliphatic heterocycles. The summed E-state index contributed by atoms with van der Waals surface area (Å²) in [6.07, 6.45) is 3.96. The average Bonchev–Trinajstić information content (AvgIpc) is 2.67. The average molecular weight is 355 g/mol. The number of amides is 1. The molecule has 0 bridgehead atoms. The first kappa shape index (κ1) is 18.0. The molecule has 0 aromatic heterocycles. The first-order chi connectivity index (χ1) is 12.3. The largest absolute Gasteiger partial charge is 0.351 e. The van der Waals surface area contributed by atoms with Crippen molar-refractivity contribution in [3.05, 3.63) is 65.7 Å². The minimum absolute atomic E-state index is 0.0848. The van der Waals surface area contributed by atoms with E-state index in [-0.39, 0.29) is 5.91 Å². The Morgan fingerprint density at radius 1 is 0.920 bits per heavy atom. The van der Waals surface area contributed by atoms with Crippen molar-refractivity contribution in [3.8, 4) is 0 Å². The monoisotopic (exact) mass is 354 g/mol. The Kier molecular flexibility index (Phi) is 6.95. The molecule has 1 aliphatic rings. The standard InChI is InChI=1S/C21H26N2OS/c24-21(17-25-20-11-3-1-4-12-20)22-15-18-9-5-6-10-19(18)16-23-13-7-2-8-14-23/h1,3-6,9-12H,2,7-8,13-17H2,(H,22,24). The van der Waals surface area contributed by atoms with Gasteiger partial charge in [-0.25, -0.2) is 0 Å². The van der Waals surface area contributed by atoms with Gasteiger partial charge in [0.1, 0.15) is 0 Å². The van der Waals surface area contributed by atoms with Gasteiger partial charge in [0.2, 0.25) is 5.91 Å². The van der Waals surface area contributed by atoms with Gasteiger partial charge in [-0.2, -0.15) is 0 Å². The van der Waals surface area contributed by atoms with E-state index in [2.05, 4.69) is 34.5 Å². The fourth-order valence-corrected chi connectivity index (χ4v) is 3.90. The van der Waals surface area contributed by atoms with Crippen molar-refractivity contribution in [1.82, 2.24) is 10.2 Å². The van der Waals surface area contributed by atoms with Gasteiger partial charge in [-0.3, -0.25) is 9.69 Å². The van der Waals surface area contributed by atoms with Crippen LogP contribution in [0.25, 0.3) is 0 Å². The highest BCUT2D eigenvalue weighted by molar-refractivity contribution is 8.00. The molecule has 3 nitrogen and oxygen atoms in total. The molecule has 0 saturated carbocycles. The lowest BCUT2D eigenvalue weighted by molar-refractivity contribution is -0.118. The summed E-state index contributed by atoms with van der Waals surface area (Å²) in [6.45, 7) is 3.98. The smallest absolute Gasteiger partial charge is 0.230 e. The van der Waals surface area contributed by atoms with Crippen molar-refractivity contribution in [2.75, 3.05) is 18.8 Å². The molecule has 0 radical (unpaired) electrons. The molecule has 0 spiro atoms. The van der Waals surface area contributed by atoms with Crippen LogP contribution in [0.3, 0.4) is 0 Å². The van der Waals surface area contributed by atoms with Crippen molar-refractivity contribution >= 4 is 17.7 Å². The number of carbonyl (C=O) groups is 1. The minimum atomic E-state index is 0.0848. The van der Waals surface area contributed by atoms with E-state index < -0.39 is 0 Å². The number of nitrogens with zero attached hydrogens (tertiary/aromatic N) is 1. The number of benzene rings is 2. The lowest BCUT2D eigenvalue weighted by Gasteiger charge is -2.27. The van der Waals surface area contributed by atoms with Crippen molar-refractivity contribution in [2.24, 2.45) is 0 Å². The molecular formula is C21H26N2OS. The quantitative estimate of drug-likeness (QED) is 0.761. The second kappa shape index (κ2) is 9.64. The minimum Gasteiger partial charge on any atom is -0.351 e. The van der Waals surface area contributed by atoms with Crippen LogP contribution in [-0.2, 0) is 17.9 Å². The molecule has 0 aliphatic carbocycles. The fourth-order valence-electron chi connectivity index (χ4n) is 3.15. The molecule has 1 N–H and O–H groups in total. The molecule has 1 heterocycles. The Bertz CT molecular complexity index is 669. The van der Waals surface area contributed by atoms with Crippen molar-refractivity contribution < 1.29 is 4.79 Å². The Balaban J connectivity index is 1.49. The number of hydrogen-bond acceptors (Lipinski definition) is 3. The van der Waals surface area contributed by atoms with Crippen molar-refractivity contribution in [1.29, 1.82) is 0 Å². The molecule has 2 aromatic rings. The number of likely N-dealkylation sites (tertiary alicyclic amines) is 1. The molecule has 132 valence electrons. The number of piperidine rings is 1. The number of nitrogens with one attached hydrogen (secondary N) is 1. The second-order valence-electron chi connectivity index (χ2n) is 6.48. The van der Waals surface area contributed by atoms with E-state index in [0.717, 1.165) is 11.4 Å². The van der Waals surface area contributed by atoms with Crippen LogP contribution < -0.4 is 5.32 Å². The van der Waals surface area contributed by atoms with E-state index in [0.29, 0.717) is 12.3 Å². The zero-order chi connectivity index (χ0) is 17.3. The topological polar surface area (TPSA) is 32.3 Å². The molecule has 0 unspecified atom stereocenters. The molecule has 2 aromatic carbocycles. The fraction of sp³-hybridized carbons (Fsp3) is 0.381. The SMILES string of the molecule is O=C(CSc1ccccc1)NCc1ccccc1CN1CCCCC1. The molecule has 4 heteroatoms. The predicted molar refractivity (Wildman–Crippen MR) is 105 cm³/mol. The number of thioether (sulfide) groups is 1. The molecule has 0 atom stereocenters. The van der Waals surface area contributed by atoms with E-state index in [1.807, 2.05) is 30.3 Å². The Morgan fingerprint density at radius 2 is 1.60 bits per heavy atom. The Labute approximate surface area is 154 Å². The third kappa shape index (κ3) is 5.91. The summed E-state index contributed by atoms with van der Waals surface area (Å²) in [4.78, 5) is 15.8. The predicted octanol–water partition coefficient (Wildman–Crippen LogP) is 4.08. The highest BCUT2D eigenvalue weighted by Crippen LogP contribution is 2.18. The van der Waals surface area contributed by atoms with Gasteiger partial charge in [0, 0.05) is 18.0 Å². The molecule has 25 heavy (non-hydrogen) atoms. The van der Waals surface area contributed by atoms with E-state index >= 15 is 0 Å². The highest BCUT2D eigenvalue weighted by Gasteiger charge is 2.12. The molecular weight excluding hydrogens is 328 g/mol. The summed E-state index contributed by atoms with van der Waals surface area (Å²) in [5.41, 5.74) is 2.56.